The van der Waals surface area contributed by atoms with Crippen LogP contribution in [0.3, 0.4) is 0 Å². The Morgan fingerprint density at radius 2 is 2.00 bits per heavy atom. The van der Waals surface area contributed by atoms with Gasteiger partial charge in [-0.1, -0.05) is 32.9 Å². The van der Waals surface area contributed by atoms with Crippen molar-refractivity contribution in [2.45, 2.75) is 53.0 Å². The second kappa shape index (κ2) is 5.64. The van der Waals surface area contributed by atoms with E-state index in [0.717, 1.165) is 24.4 Å². The summed E-state index contributed by atoms with van der Waals surface area (Å²) >= 11 is 0. The van der Waals surface area contributed by atoms with Crippen molar-refractivity contribution < 1.29 is 0 Å². The molecular weight excluding hydrogens is 200 g/mol. The Balaban J connectivity index is 2.88. The minimum absolute atomic E-state index is 0.356. The first-order chi connectivity index (χ1) is 7.56. The van der Waals surface area contributed by atoms with Gasteiger partial charge in [-0.25, -0.2) is 4.68 Å². The fourth-order valence-electron chi connectivity index (χ4n) is 1.73. The van der Waals surface area contributed by atoms with Crippen LogP contribution in [0.1, 0.15) is 51.4 Å². The van der Waals surface area contributed by atoms with Crippen molar-refractivity contribution in [1.29, 1.82) is 5.26 Å². The van der Waals surface area contributed by atoms with Gasteiger partial charge in [0.15, 0.2) is 0 Å². The number of hydrogen-bond acceptors (Lipinski definition) is 3. The van der Waals surface area contributed by atoms with Crippen LogP contribution in [0.15, 0.2) is 0 Å². The zero-order chi connectivity index (χ0) is 12.1. The lowest BCUT2D eigenvalue weighted by Crippen LogP contribution is -2.09. The molecule has 1 aromatic heterocycles. The molecule has 0 radical (unpaired) electrons. The van der Waals surface area contributed by atoms with E-state index in [1.54, 1.807) is 0 Å². The Kier molecular flexibility index (Phi) is 4.48. The lowest BCUT2D eigenvalue weighted by Gasteiger charge is -2.11. The predicted octanol–water partition coefficient (Wildman–Crippen LogP) is 2.51. The minimum Gasteiger partial charge on any atom is -0.249 e. The van der Waals surface area contributed by atoms with Gasteiger partial charge in [0, 0.05) is 6.54 Å². The molecule has 88 valence electrons. The lowest BCUT2D eigenvalue weighted by molar-refractivity contribution is 0.461. The Morgan fingerprint density at radius 3 is 2.50 bits per heavy atom. The molecule has 4 nitrogen and oxygen atoms in total. The molecule has 0 amide bonds. The summed E-state index contributed by atoms with van der Waals surface area (Å²) in [6.07, 6.45) is 1.45. The van der Waals surface area contributed by atoms with E-state index in [9.17, 15) is 0 Å². The highest BCUT2D eigenvalue weighted by atomic mass is 15.4. The predicted molar refractivity (Wildman–Crippen MR) is 62.9 cm³/mol. The third kappa shape index (κ3) is 3.06. The van der Waals surface area contributed by atoms with Gasteiger partial charge in [-0.3, -0.25) is 0 Å². The van der Waals surface area contributed by atoms with Crippen LogP contribution in [0, 0.1) is 17.2 Å². The highest BCUT2D eigenvalue weighted by Crippen LogP contribution is 2.18. The quantitative estimate of drug-likeness (QED) is 0.766. The molecule has 0 aliphatic rings. The molecule has 1 aromatic rings. The van der Waals surface area contributed by atoms with Crippen molar-refractivity contribution in [2.75, 3.05) is 0 Å². The number of aryl methyl sites for hydroxylation is 1. The van der Waals surface area contributed by atoms with Gasteiger partial charge < -0.3 is 0 Å². The number of hydrogen-bond donors (Lipinski definition) is 0. The summed E-state index contributed by atoms with van der Waals surface area (Å²) in [6, 6.07) is 2.14. The largest absolute Gasteiger partial charge is 0.249 e. The van der Waals surface area contributed by atoms with E-state index in [4.69, 9.17) is 5.26 Å². The molecule has 0 saturated carbocycles. The molecule has 0 aromatic carbocycles. The first kappa shape index (κ1) is 12.7. The lowest BCUT2D eigenvalue weighted by atomic mass is 10.1. The average Bonchev–Trinajstić information content (AvgIpc) is 2.58. The first-order valence-corrected chi connectivity index (χ1v) is 5.85. The van der Waals surface area contributed by atoms with Crippen LogP contribution in [-0.4, -0.2) is 15.0 Å². The first-order valence-electron chi connectivity index (χ1n) is 5.85. The molecule has 0 bridgehead atoms. The summed E-state index contributed by atoms with van der Waals surface area (Å²) in [4.78, 5) is 0. The van der Waals surface area contributed by atoms with Crippen LogP contribution in [0.4, 0.5) is 0 Å². The van der Waals surface area contributed by atoms with E-state index in [0.29, 0.717) is 18.3 Å². The van der Waals surface area contributed by atoms with Crippen molar-refractivity contribution in [1.82, 2.24) is 15.0 Å². The van der Waals surface area contributed by atoms with Gasteiger partial charge in [-0.2, -0.15) is 5.26 Å². The van der Waals surface area contributed by atoms with E-state index >= 15 is 0 Å². The summed E-state index contributed by atoms with van der Waals surface area (Å²) in [5.74, 6) is 1.02. The molecule has 0 aliphatic carbocycles. The summed E-state index contributed by atoms with van der Waals surface area (Å²) in [5, 5.41) is 17.0. The number of nitrogens with zero attached hydrogens (tertiary/aromatic N) is 4. The molecule has 0 unspecified atom stereocenters. The van der Waals surface area contributed by atoms with Gasteiger partial charge in [0.05, 0.1) is 18.2 Å². The van der Waals surface area contributed by atoms with Crippen LogP contribution in [0.5, 0.6) is 0 Å². The van der Waals surface area contributed by atoms with Gasteiger partial charge in [-0.05, 0) is 18.3 Å². The van der Waals surface area contributed by atoms with Crippen molar-refractivity contribution in [3.05, 3.63) is 11.4 Å². The summed E-state index contributed by atoms with van der Waals surface area (Å²) in [5.41, 5.74) is 1.95. The molecule has 0 atom stereocenters. The highest BCUT2D eigenvalue weighted by molar-refractivity contribution is 5.17. The minimum atomic E-state index is 0.356. The second-order valence-corrected chi connectivity index (χ2v) is 4.82. The monoisotopic (exact) mass is 220 g/mol. The van der Waals surface area contributed by atoms with Crippen molar-refractivity contribution in [3.63, 3.8) is 0 Å². The molecule has 1 heterocycles. The molecule has 0 aliphatic heterocycles. The van der Waals surface area contributed by atoms with Crippen LogP contribution in [-0.2, 0) is 13.0 Å². The molecule has 0 fully saturated rings. The number of rotatable bonds is 5. The summed E-state index contributed by atoms with van der Waals surface area (Å²) in [7, 11) is 0. The van der Waals surface area contributed by atoms with E-state index in [1.165, 1.54) is 0 Å². The third-order valence-corrected chi connectivity index (χ3v) is 2.56. The Morgan fingerprint density at radius 1 is 1.31 bits per heavy atom. The normalized spacial score (nSPS) is 11.1. The molecule has 0 N–H and O–H groups in total. The van der Waals surface area contributed by atoms with Crippen LogP contribution in [0.25, 0.3) is 0 Å². The number of aromatic nitrogens is 3. The van der Waals surface area contributed by atoms with Gasteiger partial charge >= 0.3 is 0 Å². The maximum absolute atomic E-state index is 8.73. The van der Waals surface area contributed by atoms with Crippen molar-refractivity contribution in [2.24, 2.45) is 5.92 Å². The second-order valence-electron chi connectivity index (χ2n) is 4.82. The maximum Gasteiger partial charge on any atom is 0.100 e. The fourth-order valence-corrected chi connectivity index (χ4v) is 1.73. The van der Waals surface area contributed by atoms with Crippen LogP contribution >= 0.6 is 0 Å². The SMILES string of the molecule is CC(C)CCn1nnc(CC#N)c1C(C)C. The fraction of sp³-hybridized carbons (Fsp3) is 0.750. The van der Waals surface area contributed by atoms with Gasteiger partial charge in [0.1, 0.15) is 5.69 Å². The zero-order valence-corrected chi connectivity index (χ0v) is 10.6. The standard InChI is InChI=1S/C12H20N4/c1-9(2)6-8-16-12(10(3)4)11(5-7-13)14-15-16/h9-10H,5-6,8H2,1-4H3. The zero-order valence-electron chi connectivity index (χ0n) is 10.6. The van der Waals surface area contributed by atoms with Gasteiger partial charge in [-0.15, -0.1) is 5.10 Å². The van der Waals surface area contributed by atoms with Crippen LogP contribution in [0.2, 0.25) is 0 Å². The molecule has 0 spiro atoms. The topological polar surface area (TPSA) is 54.5 Å². The van der Waals surface area contributed by atoms with E-state index in [1.807, 2.05) is 4.68 Å². The van der Waals surface area contributed by atoms with E-state index in [-0.39, 0.29) is 0 Å². The average molecular weight is 220 g/mol. The number of nitriles is 1. The Bertz CT molecular complexity index is 371. The van der Waals surface area contributed by atoms with Crippen molar-refractivity contribution >= 4 is 0 Å². The maximum atomic E-state index is 8.73. The molecular formula is C12H20N4. The molecule has 1 rings (SSSR count). The Hall–Kier alpha value is -1.37. The highest BCUT2D eigenvalue weighted by Gasteiger charge is 2.15. The van der Waals surface area contributed by atoms with E-state index < -0.39 is 0 Å². The van der Waals surface area contributed by atoms with Gasteiger partial charge in [0.2, 0.25) is 0 Å². The third-order valence-electron chi connectivity index (χ3n) is 2.56. The molecule has 0 saturated heterocycles. The smallest absolute Gasteiger partial charge is 0.100 e. The molecule has 4 heteroatoms. The molecule has 16 heavy (non-hydrogen) atoms. The van der Waals surface area contributed by atoms with Crippen molar-refractivity contribution in [3.8, 4) is 6.07 Å². The van der Waals surface area contributed by atoms with Crippen LogP contribution < -0.4 is 0 Å². The van der Waals surface area contributed by atoms with Gasteiger partial charge in [0.25, 0.3) is 0 Å². The Labute approximate surface area is 97.3 Å². The van der Waals surface area contributed by atoms with E-state index in [2.05, 4.69) is 44.1 Å². The summed E-state index contributed by atoms with van der Waals surface area (Å²) in [6.45, 7) is 9.52. The summed E-state index contributed by atoms with van der Waals surface area (Å²) < 4.78 is 1.96.